The summed E-state index contributed by atoms with van der Waals surface area (Å²) in [6, 6.07) is 1.62. The van der Waals surface area contributed by atoms with Gasteiger partial charge in [0.2, 0.25) is 0 Å². The molecule has 0 aromatic rings. The van der Waals surface area contributed by atoms with Crippen molar-refractivity contribution >= 4 is 0 Å². The molecule has 2 aliphatic rings. The van der Waals surface area contributed by atoms with Gasteiger partial charge >= 0.3 is 0 Å². The summed E-state index contributed by atoms with van der Waals surface area (Å²) in [6.07, 6.45) is 7.15. The first-order valence-corrected chi connectivity index (χ1v) is 6.75. The van der Waals surface area contributed by atoms with Crippen LogP contribution in [0.4, 0.5) is 0 Å². The molecule has 2 nitrogen and oxygen atoms in total. The molecular weight excluding hydrogens is 184 g/mol. The van der Waals surface area contributed by atoms with Gasteiger partial charge in [0.1, 0.15) is 0 Å². The lowest BCUT2D eigenvalue weighted by atomic mass is 10.0. The quantitative estimate of drug-likeness (QED) is 0.752. The third kappa shape index (κ3) is 2.94. The van der Waals surface area contributed by atoms with E-state index in [1.165, 1.54) is 51.7 Å². The van der Waals surface area contributed by atoms with Crippen molar-refractivity contribution in [3.63, 3.8) is 0 Å². The summed E-state index contributed by atoms with van der Waals surface area (Å²) < 4.78 is 0. The third-order valence-corrected chi connectivity index (χ3v) is 4.11. The minimum absolute atomic E-state index is 0.716. The Morgan fingerprint density at radius 1 is 1.13 bits per heavy atom. The van der Waals surface area contributed by atoms with E-state index in [4.69, 9.17) is 0 Å². The zero-order valence-electron chi connectivity index (χ0n) is 10.3. The van der Waals surface area contributed by atoms with Crippen LogP contribution in [0.15, 0.2) is 0 Å². The van der Waals surface area contributed by atoms with Crippen molar-refractivity contribution in [2.45, 2.75) is 58.0 Å². The van der Waals surface area contributed by atoms with Gasteiger partial charge in [0.25, 0.3) is 0 Å². The Bertz CT molecular complexity index is 185. The Kier molecular flexibility index (Phi) is 4.04. The molecular formula is C13H26N2. The first-order chi connectivity index (χ1) is 7.27. The largest absolute Gasteiger partial charge is 0.312 e. The molecule has 2 rings (SSSR count). The normalized spacial score (nSPS) is 31.0. The van der Waals surface area contributed by atoms with Gasteiger partial charge in [0.05, 0.1) is 0 Å². The average Bonchev–Trinajstić information content (AvgIpc) is 2.62. The van der Waals surface area contributed by atoms with Crippen LogP contribution in [0.3, 0.4) is 0 Å². The molecule has 0 spiro atoms. The second-order valence-electron chi connectivity index (χ2n) is 5.59. The van der Waals surface area contributed by atoms with E-state index in [0.717, 1.165) is 12.0 Å². The lowest BCUT2D eigenvalue weighted by Gasteiger charge is -2.31. The monoisotopic (exact) mass is 210 g/mol. The van der Waals surface area contributed by atoms with E-state index in [2.05, 4.69) is 24.1 Å². The van der Waals surface area contributed by atoms with Crippen molar-refractivity contribution in [2.75, 3.05) is 19.6 Å². The van der Waals surface area contributed by atoms with Gasteiger partial charge in [-0.2, -0.15) is 0 Å². The molecule has 1 unspecified atom stereocenters. The Morgan fingerprint density at radius 2 is 1.87 bits per heavy atom. The Morgan fingerprint density at radius 3 is 2.53 bits per heavy atom. The van der Waals surface area contributed by atoms with Crippen LogP contribution in [0, 0.1) is 5.92 Å². The fourth-order valence-electron chi connectivity index (χ4n) is 3.03. The summed E-state index contributed by atoms with van der Waals surface area (Å²) in [5.41, 5.74) is 0. The van der Waals surface area contributed by atoms with E-state index >= 15 is 0 Å². The maximum atomic E-state index is 3.69. The fraction of sp³-hybridized carbons (Fsp3) is 1.00. The van der Waals surface area contributed by atoms with Crippen molar-refractivity contribution < 1.29 is 0 Å². The first-order valence-electron chi connectivity index (χ1n) is 6.75. The highest BCUT2D eigenvalue weighted by Crippen LogP contribution is 2.25. The predicted octanol–water partition coefficient (Wildman–Crippen LogP) is 2.25. The molecule has 1 heterocycles. The first kappa shape index (κ1) is 11.4. The second-order valence-corrected chi connectivity index (χ2v) is 5.59. The molecule has 88 valence electrons. The lowest BCUT2D eigenvalue weighted by Crippen LogP contribution is -2.44. The molecule has 15 heavy (non-hydrogen) atoms. The van der Waals surface area contributed by atoms with Crippen molar-refractivity contribution in [3.8, 4) is 0 Å². The van der Waals surface area contributed by atoms with Crippen LogP contribution in [0.1, 0.15) is 46.0 Å². The van der Waals surface area contributed by atoms with Crippen LogP contribution in [-0.4, -0.2) is 36.6 Å². The van der Waals surface area contributed by atoms with Crippen molar-refractivity contribution in [3.05, 3.63) is 0 Å². The predicted molar refractivity (Wildman–Crippen MR) is 65.1 cm³/mol. The Balaban J connectivity index is 1.92. The average molecular weight is 210 g/mol. The SMILES string of the molecule is CC(C)C1CN(C2CCCC2)CCCN1. The van der Waals surface area contributed by atoms with E-state index < -0.39 is 0 Å². The molecule has 0 bridgehead atoms. The van der Waals surface area contributed by atoms with Gasteiger partial charge < -0.3 is 5.32 Å². The summed E-state index contributed by atoms with van der Waals surface area (Å²) in [5, 5.41) is 3.69. The Hall–Kier alpha value is -0.0800. The molecule has 2 heteroatoms. The van der Waals surface area contributed by atoms with Crippen LogP contribution < -0.4 is 5.32 Å². The number of hydrogen-bond acceptors (Lipinski definition) is 2. The van der Waals surface area contributed by atoms with Crippen LogP contribution in [-0.2, 0) is 0 Å². The molecule has 0 aromatic heterocycles. The maximum absolute atomic E-state index is 3.69. The number of hydrogen-bond donors (Lipinski definition) is 1. The van der Waals surface area contributed by atoms with E-state index in [1.54, 1.807) is 0 Å². The van der Waals surface area contributed by atoms with Crippen LogP contribution >= 0.6 is 0 Å². The smallest absolute Gasteiger partial charge is 0.0218 e. The summed E-state index contributed by atoms with van der Waals surface area (Å²) in [6.45, 7) is 8.50. The van der Waals surface area contributed by atoms with Crippen molar-refractivity contribution in [1.29, 1.82) is 0 Å². The zero-order valence-corrected chi connectivity index (χ0v) is 10.3. The van der Waals surface area contributed by atoms with Gasteiger partial charge in [0.15, 0.2) is 0 Å². The molecule has 1 atom stereocenters. The van der Waals surface area contributed by atoms with Gasteiger partial charge in [-0.05, 0) is 38.3 Å². The standard InChI is InChI=1S/C13H26N2/c1-11(2)13-10-15(9-5-8-14-13)12-6-3-4-7-12/h11-14H,3-10H2,1-2H3. The summed E-state index contributed by atoms with van der Waals surface area (Å²) in [4.78, 5) is 2.76. The number of rotatable bonds is 2. The van der Waals surface area contributed by atoms with Crippen LogP contribution in [0.25, 0.3) is 0 Å². The topological polar surface area (TPSA) is 15.3 Å². The van der Waals surface area contributed by atoms with E-state index in [1.807, 2.05) is 0 Å². The molecule has 1 aliphatic heterocycles. The summed E-state index contributed by atoms with van der Waals surface area (Å²) >= 11 is 0. The van der Waals surface area contributed by atoms with Crippen molar-refractivity contribution in [2.24, 2.45) is 5.92 Å². The van der Waals surface area contributed by atoms with Crippen LogP contribution in [0.2, 0.25) is 0 Å². The minimum Gasteiger partial charge on any atom is -0.312 e. The van der Waals surface area contributed by atoms with Crippen molar-refractivity contribution in [1.82, 2.24) is 10.2 Å². The zero-order chi connectivity index (χ0) is 10.7. The molecule has 0 radical (unpaired) electrons. The highest BCUT2D eigenvalue weighted by atomic mass is 15.2. The maximum Gasteiger partial charge on any atom is 0.0218 e. The number of nitrogens with zero attached hydrogens (tertiary/aromatic N) is 1. The highest BCUT2D eigenvalue weighted by molar-refractivity contribution is 4.85. The molecule has 1 aliphatic carbocycles. The summed E-state index contributed by atoms with van der Waals surface area (Å²) in [7, 11) is 0. The van der Waals surface area contributed by atoms with E-state index in [-0.39, 0.29) is 0 Å². The van der Waals surface area contributed by atoms with Gasteiger partial charge in [-0.15, -0.1) is 0 Å². The van der Waals surface area contributed by atoms with Gasteiger partial charge in [-0.3, -0.25) is 4.90 Å². The third-order valence-electron chi connectivity index (χ3n) is 4.11. The molecule has 1 saturated carbocycles. The lowest BCUT2D eigenvalue weighted by molar-refractivity contribution is 0.182. The molecule has 0 amide bonds. The fourth-order valence-corrected chi connectivity index (χ4v) is 3.03. The van der Waals surface area contributed by atoms with Gasteiger partial charge in [0, 0.05) is 18.6 Å². The van der Waals surface area contributed by atoms with Crippen LogP contribution in [0.5, 0.6) is 0 Å². The number of nitrogens with one attached hydrogen (secondary N) is 1. The molecule has 1 saturated heterocycles. The second kappa shape index (κ2) is 5.31. The van der Waals surface area contributed by atoms with E-state index in [0.29, 0.717) is 6.04 Å². The molecule has 2 fully saturated rings. The molecule has 1 N–H and O–H groups in total. The highest BCUT2D eigenvalue weighted by Gasteiger charge is 2.27. The molecule has 0 aromatic carbocycles. The van der Waals surface area contributed by atoms with E-state index in [9.17, 15) is 0 Å². The minimum atomic E-state index is 0.716. The van der Waals surface area contributed by atoms with Gasteiger partial charge in [-0.1, -0.05) is 26.7 Å². The van der Waals surface area contributed by atoms with Gasteiger partial charge in [-0.25, -0.2) is 0 Å². The Labute approximate surface area is 94.4 Å². The summed E-state index contributed by atoms with van der Waals surface area (Å²) in [5.74, 6) is 0.770.